The van der Waals surface area contributed by atoms with Crippen LogP contribution in [0.3, 0.4) is 0 Å². The monoisotopic (exact) mass is 311 g/mol. The van der Waals surface area contributed by atoms with Gasteiger partial charge in [0.15, 0.2) is 5.76 Å². The number of hydrogen-bond donors (Lipinski definition) is 0. The van der Waals surface area contributed by atoms with Gasteiger partial charge < -0.3 is 9.26 Å². The van der Waals surface area contributed by atoms with Gasteiger partial charge in [0, 0.05) is 11.8 Å². The summed E-state index contributed by atoms with van der Waals surface area (Å²) >= 11 is 1.24. The van der Waals surface area contributed by atoms with Gasteiger partial charge in [0.2, 0.25) is 0 Å². The minimum absolute atomic E-state index is 0.323. The van der Waals surface area contributed by atoms with Crippen molar-refractivity contribution in [3.8, 4) is 11.3 Å². The van der Waals surface area contributed by atoms with Gasteiger partial charge in [-0.15, -0.1) is 11.3 Å². The van der Waals surface area contributed by atoms with Gasteiger partial charge in [0.05, 0.1) is 29.2 Å². The Bertz CT molecular complexity index is 701. The molecule has 0 saturated heterocycles. The maximum absolute atomic E-state index is 12.0. The van der Waals surface area contributed by atoms with Crippen molar-refractivity contribution in [3.63, 3.8) is 0 Å². The van der Waals surface area contributed by atoms with E-state index in [0.717, 1.165) is 23.1 Å². The summed E-state index contributed by atoms with van der Waals surface area (Å²) in [7, 11) is -1.19. The van der Waals surface area contributed by atoms with Gasteiger partial charge in [-0.25, -0.2) is 4.79 Å². The Hall–Kier alpha value is -1.47. The van der Waals surface area contributed by atoms with Crippen LogP contribution in [0, 0.1) is 0 Å². The van der Waals surface area contributed by atoms with E-state index in [4.69, 9.17) is 9.26 Å². The van der Waals surface area contributed by atoms with Crippen molar-refractivity contribution < 1.29 is 18.3 Å². The van der Waals surface area contributed by atoms with E-state index in [1.54, 1.807) is 19.4 Å². The van der Waals surface area contributed by atoms with Crippen LogP contribution >= 0.6 is 11.3 Å². The number of aryl methyl sites for hydroxylation is 1. The zero-order valence-electron chi connectivity index (χ0n) is 11.1. The van der Waals surface area contributed by atoms with Gasteiger partial charge in [-0.3, -0.25) is 4.21 Å². The first kappa shape index (κ1) is 13.5. The second-order valence-corrected chi connectivity index (χ2v) is 7.02. The second kappa shape index (κ2) is 5.14. The van der Waals surface area contributed by atoms with E-state index in [1.165, 1.54) is 11.3 Å². The summed E-state index contributed by atoms with van der Waals surface area (Å²) < 4.78 is 23.0. The molecule has 1 aliphatic rings. The molecule has 106 valence electrons. The zero-order chi connectivity index (χ0) is 14.3. The van der Waals surface area contributed by atoms with E-state index in [1.807, 2.05) is 0 Å². The Morgan fingerprint density at radius 3 is 3.05 bits per heavy atom. The number of hydrogen-bond acceptors (Lipinski definition) is 6. The van der Waals surface area contributed by atoms with Crippen LogP contribution < -0.4 is 0 Å². The number of aromatic nitrogens is 1. The maximum Gasteiger partial charge on any atom is 0.348 e. The van der Waals surface area contributed by atoms with Gasteiger partial charge >= 0.3 is 5.97 Å². The molecule has 1 atom stereocenters. The number of carbonyl (C=O) groups is 1. The minimum Gasteiger partial charge on any atom is -0.462 e. The predicted octanol–water partition coefficient (Wildman–Crippen LogP) is 2.42. The van der Waals surface area contributed by atoms with Gasteiger partial charge in [-0.1, -0.05) is 5.16 Å². The number of ether oxygens (including phenoxy) is 1. The van der Waals surface area contributed by atoms with Crippen LogP contribution in [0.1, 0.15) is 27.7 Å². The summed E-state index contributed by atoms with van der Waals surface area (Å²) in [4.78, 5) is 12.6. The fourth-order valence-corrected chi connectivity index (χ4v) is 4.57. The van der Waals surface area contributed by atoms with E-state index in [-0.39, 0.29) is 5.97 Å². The summed E-state index contributed by atoms with van der Waals surface area (Å²) in [6, 6.07) is 0. The zero-order valence-corrected chi connectivity index (χ0v) is 12.7. The molecule has 2 aromatic heterocycles. The molecule has 2 heterocycles. The summed E-state index contributed by atoms with van der Waals surface area (Å²) in [6.45, 7) is 2.09. The highest BCUT2D eigenvalue weighted by Gasteiger charge is 2.32. The molecule has 1 aliphatic carbocycles. The molecule has 0 spiro atoms. The highest BCUT2D eigenvalue weighted by molar-refractivity contribution is 7.86. The standard InChI is InChI=1S/C13H13NO4S2/c1-3-17-12(15)11-8-5-4-7-6-14-18-10(7)9(8)13(19-11)20(2)16/h6H,3-5H2,1-2H3/t20-/m0/s1. The van der Waals surface area contributed by atoms with Crippen LogP contribution in [0.25, 0.3) is 11.3 Å². The van der Waals surface area contributed by atoms with Crippen LogP contribution in [-0.2, 0) is 28.4 Å². The predicted molar refractivity (Wildman–Crippen MR) is 75.5 cm³/mol. The average molecular weight is 311 g/mol. The number of rotatable bonds is 3. The Morgan fingerprint density at radius 1 is 1.55 bits per heavy atom. The lowest BCUT2D eigenvalue weighted by Gasteiger charge is -2.12. The van der Waals surface area contributed by atoms with Crippen molar-refractivity contribution in [1.82, 2.24) is 5.16 Å². The van der Waals surface area contributed by atoms with Crippen molar-refractivity contribution in [2.75, 3.05) is 12.9 Å². The smallest absolute Gasteiger partial charge is 0.348 e. The van der Waals surface area contributed by atoms with Gasteiger partial charge in [0.1, 0.15) is 9.09 Å². The van der Waals surface area contributed by atoms with Crippen LogP contribution in [0.5, 0.6) is 0 Å². The first-order valence-corrected chi connectivity index (χ1v) is 8.61. The van der Waals surface area contributed by atoms with Crippen molar-refractivity contribution in [2.24, 2.45) is 0 Å². The number of carbonyl (C=O) groups excluding carboxylic acids is 1. The number of fused-ring (bicyclic) bond motifs is 3. The Balaban J connectivity index is 2.21. The third-order valence-electron chi connectivity index (χ3n) is 3.21. The van der Waals surface area contributed by atoms with E-state index >= 15 is 0 Å². The second-order valence-electron chi connectivity index (χ2n) is 4.43. The molecule has 0 aromatic carbocycles. The van der Waals surface area contributed by atoms with E-state index in [2.05, 4.69) is 5.16 Å². The Morgan fingerprint density at radius 2 is 2.35 bits per heavy atom. The van der Waals surface area contributed by atoms with Crippen molar-refractivity contribution >= 4 is 28.1 Å². The summed E-state index contributed by atoms with van der Waals surface area (Å²) in [5.41, 5.74) is 2.65. The van der Waals surface area contributed by atoms with Crippen molar-refractivity contribution in [1.29, 1.82) is 0 Å². The molecule has 7 heteroatoms. The number of thiophene rings is 1. The van der Waals surface area contributed by atoms with Crippen LogP contribution in [-0.4, -0.2) is 28.2 Å². The van der Waals surface area contributed by atoms with E-state index in [9.17, 15) is 9.00 Å². The molecule has 0 unspecified atom stereocenters. The average Bonchev–Trinajstić information content (AvgIpc) is 3.02. The summed E-state index contributed by atoms with van der Waals surface area (Å²) in [5.74, 6) is 0.289. The topological polar surface area (TPSA) is 69.4 Å². The Labute approximate surface area is 122 Å². The molecule has 0 aliphatic heterocycles. The minimum atomic E-state index is -1.19. The first-order chi connectivity index (χ1) is 9.63. The lowest BCUT2D eigenvalue weighted by Crippen LogP contribution is -2.08. The molecule has 0 fully saturated rings. The highest BCUT2D eigenvalue weighted by atomic mass is 32.2. The molecule has 5 nitrogen and oxygen atoms in total. The molecule has 2 aromatic rings. The molecule has 20 heavy (non-hydrogen) atoms. The molecule has 0 bridgehead atoms. The molecular formula is C13H13NO4S2. The van der Waals surface area contributed by atoms with Crippen molar-refractivity contribution in [2.45, 2.75) is 24.0 Å². The lowest BCUT2D eigenvalue weighted by atomic mass is 9.93. The highest BCUT2D eigenvalue weighted by Crippen LogP contribution is 2.44. The fourth-order valence-electron chi connectivity index (χ4n) is 2.38. The molecular weight excluding hydrogens is 298 g/mol. The molecule has 0 saturated carbocycles. The first-order valence-electron chi connectivity index (χ1n) is 6.23. The molecule has 0 amide bonds. The normalized spacial score (nSPS) is 14.5. The van der Waals surface area contributed by atoms with Crippen LogP contribution in [0.15, 0.2) is 14.9 Å². The van der Waals surface area contributed by atoms with Crippen LogP contribution in [0.2, 0.25) is 0 Å². The molecule has 0 N–H and O–H groups in total. The maximum atomic E-state index is 12.0. The third-order valence-corrected chi connectivity index (χ3v) is 5.90. The fraction of sp³-hybridized carbons (Fsp3) is 0.385. The quantitative estimate of drug-likeness (QED) is 0.814. The van der Waals surface area contributed by atoms with Crippen molar-refractivity contribution in [3.05, 3.63) is 22.2 Å². The van der Waals surface area contributed by atoms with Gasteiger partial charge in [-0.2, -0.15) is 0 Å². The number of esters is 1. The SMILES string of the molecule is CCOC(=O)c1sc([S@](C)=O)c2c1CCc1cnoc1-2. The molecule has 3 rings (SSSR count). The van der Waals surface area contributed by atoms with E-state index < -0.39 is 10.8 Å². The van der Waals surface area contributed by atoms with Crippen LogP contribution in [0.4, 0.5) is 0 Å². The number of nitrogens with zero attached hydrogens (tertiary/aromatic N) is 1. The molecule has 0 radical (unpaired) electrons. The van der Waals surface area contributed by atoms with Gasteiger partial charge in [0.25, 0.3) is 0 Å². The van der Waals surface area contributed by atoms with E-state index in [0.29, 0.717) is 27.9 Å². The lowest BCUT2D eigenvalue weighted by molar-refractivity contribution is 0.0531. The largest absolute Gasteiger partial charge is 0.462 e. The van der Waals surface area contributed by atoms with Gasteiger partial charge in [-0.05, 0) is 25.3 Å². The Kier molecular flexibility index (Phi) is 3.47. The summed E-state index contributed by atoms with van der Waals surface area (Å²) in [5, 5.41) is 3.81. The third kappa shape index (κ3) is 2.01. The summed E-state index contributed by atoms with van der Waals surface area (Å²) in [6.07, 6.45) is 4.77.